The number of nitrogens with two attached hydrogens (primary N) is 2. The largest absolute Gasteiger partial charge is 0.408 e. The number of anilines is 3. The van der Waals surface area contributed by atoms with Gasteiger partial charge in [-0.15, -0.1) is 0 Å². The summed E-state index contributed by atoms with van der Waals surface area (Å²) in [5.74, 6) is -1.27. The van der Waals surface area contributed by atoms with Gasteiger partial charge in [-0.3, -0.25) is 0 Å². The van der Waals surface area contributed by atoms with Gasteiger partial charge in [-0.2, -0.15) is 16.8 Å². The lowest BCUT2D eigenvalue weighted by atomic mass is 10.2. The Bertz CT molecular complexity index is 620. The fourth-order valence-corrected chi connectivity index (χ4v) is 3.69. The number of rotatable bonds is 1. The molecular weight excluding hydrogens is 282 g/mol. The van der Waals surface area contributed by atoms with E-state index in [0.29, 0.717) is 30.0 Å². The van der Waals surface area contributed by atoms with E-state index < -0.39 is 16.3 Å². The molecule has 1 aromatic carbocycles. The van der Waals surface area contributed by atoms with Crippen molar-refractivity contribution in [2.75, 3.05) is 22.9 Å². The molecule has 2 saturated heterocycles. The van der Waals surface area contributed by atoms with Crippen LogP contribution in [0.15, 0.2) is 18.2 Å². The molecule has 1 spiro atoms. The molecule has 2 heterocycles. The molecule has 0 aromatic heterocycles. The summed E-state index contributed by atoms with van der Waals surface area (Å²) in [6, 6.07) is 5.10. The maximum Gasteiger partial charge on any atom is 0.408 e. The molecule has 7 nitrogen and oxygen atoms in total. The van der Waals surface area contributed by atoms with Crippen molar-refractivity contribution < 1.29 is 16.8 Å². The van der Waals surface area contributed by atoms with E-state index in [4.69, 9.17) is 19.8 Å². The topological polar surface area (TPSA) is 108 Å². The Kier molecular flexibility index (Phi) is 3.03. The van der Waals surface area contributed by atoms with Gasteiger partial charge >= 0.3 is 10.4 Å². The molecular formula is C12H17N3O4S. The Labute approximate surface area is 117 Å². The fourth-order valence-electron chi connectivity index (χ4n) is 2.70. The van der Waals surface area contributed by atoms with Crippen LogP contribution in [0.3, 0.4) is 0 Å². The van der Waals surface area contributed by atoms with Gasteiger partial charge in [0.05, 0.1) is 11.4 Å². The van der Waals surface area contributed by atoms with Crippen molar-refractivity contribution in [3.05, 3.63) is 18.2 Å². The van der Waals surface area contributed by atoms with Crippen LogP contribution in [-0.2, 0) is 18.8 Å². The first-order chi connectivity index (χ1) is 9.42. The molecule has 0 aliphatic carbocycles. The summed E-state index contributed by atoms with van der Waals surface area (Å²) in [5, 5.41) is 0. The Morgan fingerprint density at radius 3 is 2.60 bits per heavy atom. The summed E-state index contributed by atoms with van der Waals surface area (Å²) in [7, 11) is -3.88. The van der Waals surface area contributed by atoms with Crippen LogP contribution in [0.2, 0.25) is 0 Å². The molecule has 1 aromatic rings. The van der Waals surface area contributed by atoms with Crippen LogP contribution in [-0.4, -0.2) is 20.9 Å². The maximum atomic E-state index is 11.3. The zero-order valence-corrected chi connectivity index (χ0v) is 11.7. The Morgan fingerprint density at radius 1 is 1.15 bits per heavy atom. The summed E-state index contributed by atoms with van der Waals surface area (Å²) in [4.78, 5) is 1.76. The van der Waals surface area contributed by atoms with Gasteiger partial charge in [-0.05, 0) is 31.0 Å². The van der Waals surface area contributed by atoms with Crippen LogP contribution in [0.4, 0.5) is 17.1 Å². The molecule has 110 valence electrons. The van der Waals surface area contributed by atoms with E-state index in [9.17, 15) is 8.42 Å². The number of benzene rings is 1. The average molecular weight is 299 g/mol. The summed E-state index contributed by atoms with van der Waals surface area (Å²) in [6.45, 7) is 0.600. The molecule has 3 rings (SSSR count). The van der Waals surface area contributed by atoms with Gasteiger partial charge < -0.3 is 16.4 Å². The molecule has 0 radical (unpaired) electrons. The van der Waals surface area contributed by atoms with Crippen molar-refractivity contribution in [1.29, 1.82) is 0 Å². The van der Waals surface area contributed by atoms with Gasteiger partial charge in [-0.1, -0.05) is 6.42 Å². The lowest BCUT2D eigenvalue weighted by molar-refractivity contribution is -0.189. The van der Waals surface area contributed by atoms with Gasteiger partial charge in [0.1, 0.15) is 0 Å². The van der Waals surface area contributed by atoms with Crippen molar-refractivity contribution in [3.8, 4) is 0 Å². The number of hydrogen-bond acceptors (Lipinski definition) is 7. The van der Waals surface area contributed by atoms with Gasteiger partial charge in [0.25, 0.3) is 5.91 Å². The van der Waals surface area contributed by atoms with E-state index in [1.807, 2.05) is 0 Å². The summed E-state index contributed by atoms with van der Waals surface area (Å²) in [5.41, 5.74) is 13.5. The molecule has 2 aliphatic rings. The number of nitrogens with zero attached hydrogens (tertiary/aromatic N) is 1. The molecule has 2 fully saturated rings. The molecule has 0 bridgehead atoms. The molecule has 0 saturated carbocycles. The normalized spacial score (nSPS) is 24.1. The molecule has 2 aliphatic heterocycles. The van der Waals surface area contributed by atoms with Crippen molar-refractivity contribution in [2.24, 2.45) is 0 Å². The van der Waals surface area contributed by atoms with Crippen LogP contribution in [0, 0.1) is 0 Å². The highest BCUT2D eigenvalue weighted by Gasteiger charge is 2.57. The third-order valence-electron chi connectivity index (χ3n) is 3.60. The zero-order valence-electron chi connectivity index (χ0n) is 10.9. The summed E-state index contributed by atoms with van der Waals surface area (Å²) >= 11 is 0. The first-order valence-corrected chi connectivity index (χ1v) is 7.84. The van der Waals surface area contributed by atoms with E-state index in [-0.39, 0.29) is 0 Å². The number of nitrogen functional groups attached to an aromatic ring is 2. The summed E-state index contributed by atoms with van der Waals surface area (Å²) < 4.78 is 32.7. The minimum Gasteiger partial charge on any atom is -0.399 e. The second kappa shape index (κ2) is 4.51. The minimum absolute atomic E-state index is 0.473. The first kappa shape index (κ1) is 13.5. The van der Waals surface area contributed by atoms with Gasteiger partial charge in [0.2, 0.25) is 0 Å². The van der Waals surface area contributed by atoms with Crippen LogP contribution in [0.25, 0.3) is 0 Å². The lowest BCUT2D eigenvalue weighted by Gasteiger charge is -2.46. The highest BCUT2D eigenvalue weighted by molar-refractivity contribution is 7.82. The second-order valence-corrected chi connectivity index (χ2v) is 6.22. The predicted molar refractivity (Wildman–Crippen MR) is 74.9 cm³/mol. The van der Waals surface area contributed by atoms with Gasteiger partial charge in [0.15, 0.2) is 0 Å². The second-order valence-electron chi connectivity index (χ2n) is 5.07. The third-order valence-corrected chi connectivity index (χ3v) is 4.52. The van der Waals surface area contributed by atoms with Crippen LogP contribution in [0.5, 0.6) is 0 Å². The quantitative estimate of drug-likeness (QED) is 0.749. The van der Waals surface area contributed by atoms with Gasteiger partial charge in [-0.25, -0.2) is 0 Å². The highest BCUT2D eigenvalue weighted by Crippen LogP contribution is 2.44. The van der Waals surface area contributed by atoms with E-state index in [1.165, 1.54) is 0 Å². The van der Waals surface area contributed by atoms with Crippen LogP contribution >= 0.6 is 0 Å². The van der Waals surface area contributed by atoms with E-state index >= 15 is 0 Å². The zero-order chi connectivity index (χ0) is 14.4. The van der Waals surface area contributed by atoms with Crippen molar-refractivity contribution in [3.63, 3.8) is 0 Å². The highest BCUT2D eigenvalue weighted by atomic mass is 32.3. The molecule has 0 atom stereocenters. The number of hydrogen-bond donors (Lipinski definition) is 2. The molecule has 0 amide bonds. The molecule has 20 heavy (non-hydrogen) atoms. The smallest absolute Gasteiger partial charge is 0.399 e. The molecule has 0 unspecified atom stereocenters. The van der Waals surface area contributed by atoms with Crippen LogP contribution in [0.1, 0.15) is 25.7 Å². The summed E-state index contributed by atoms with van der Waals surface area (Å²) in [6.07, 6.45) is 3.19. The standard InChI is InChI=1S/C12H17N3O4S/c13-9-4-5-10(14)11(8-9)15-7-3-1-2-6-12(15)18-20(16,17)19-12/h4-5,8H,1-3,6-7,13-14H2. The lowest BCUT2D eigenvalue weighted by Crippen LogP contribution is -2.62. The van der Waals surface area contributed by atoms with E-state index in [1.54, 1.807) is 23.1 Å². The van der Waals surface area contributed by atoms with Crippen LogP contribution < -0.4 is 16.4 Å². The average Bonchev–Trinajstić information content (AvgIpc) is 2.54. The third kappa shape index (κ3) is 2.19. The Hall–Kier alpha value is -1.51. The van der Waals surface area contributed by atoms with Crippen molar-refractivity contribution in [1.82, 2.24) is 0 Å². The maximum absolute atomic E-state index is 11.3. The van der Waals surface area contributed by atoms with Gasteiger partial charge in [0, 0.05) is 18.7 Å². The molecule has 4 N–H and O–H groups in total. The van der Waals surface area contributed by atoms with Crippen molar-refractivity contribution >= 4 is 27.5 Å². The van der Waals surface area contributed by atoms with Crippen molar-refractivity contribution in [2.45, 2.75) is 31.6 Å². The SMILES string of the molecule is Nc1ccc(N)c(N2CCCCCC23OS(=O)(=O)O3)c1. The van der Waals surface area contributed by atoms with E-state index in [0.717, 1.165) is 19.3 Å². The first-order valence-electron chi connectivity index (χ1n) is 6.51. The fraction of sp³-hybridized carbons (Fsp3) is 0.500. The Balaban J connectivity index is 2.02. The minimum atomic E-state index is -3.88. The Morgan fingerprint density at radius 2 is 1.90 bits per heavy atom. The molecule has 8 heteroatoms. The predicted octanol–water partition coefficient (Wildman–Crippen LogP) is 1.18. The monoisotopic (exact) mass is 299 g/mol. The van der Waals surface area contributed by atoms with E-state index in [2.05, 4.69) is 0 Å².